The van der Waals surface area contributed by atoms with Gasteiger partial charge in [-0.1, -0.05) is 13.8 Å². The third-order valence-electron chi connectivity index (χ3n) is 5.91. The average Bonchev–Trinajstić information content (AvgIpc) is 3.49. The molecule has 3 heterocycles. The highest BCUT2D eigenvalue weighted by molar-refractivity contribution is 5.99. The molecule has 2 aromatic heterocycles. The van der Waals surface area contributed by atoms with Gasteiger partial charge in [0.2, 0.25) is 0 Å². The number of ether oxygens (including phenoxy) is 3. The highest BCUT2D eigenvalue weighted by Gasteiger charge is 2.19. The quantitative estimate of drug-likeness (QED) is 0.378. The molecule has 9 nitrogen and oxygen atoms in total. The number of nitrogens with one attached hydrogen (secondary N) is 1. The number of benzene rings is 2. The van der Waals surface area contributed by atoms with E-state index in [1.807, 2.05) is 71.5 Å². The Labute approximate surface area is 217 Å². The zero-order chi connectivity index (χ0) is 26.9. The van der Waals surface area contributed by atoms with Crippen molar-refractivity contribution in [3.05, 3.63) is 59.9 Å². The van der Waals surface area contributed by atoms with Gasteiger partial charge in [-0.2, -0.15) is 0 Å². The minimum Gasteiger partial charge on any atom is -0.497 e. The molecular formula is C28H36N4O5. The van der Waals surface area contributed by atoms with E-state index in [1.54, 1.807) is 21.1 Å². The Bertz CT molecular complexity index is 1370. The molecule has 0 bridgehead atoms. The minimum atomic E-state index is -0.328. The Hall–Kier alpha value is -3.98. The molecule has 0 fully saturated rings. The van der Waals surface area contributed by atoms with Crippen LogP contribution in [0.2, 0.25) is 0 Å². The van der Waals surface area contributed by atoms with E-state index in [9.17, 15) is 9.59 Å². The van der Waals surface area contributed by atoms with E-state index in [0.29, 0.717) is 31.9 Å². The lowest BCUT2D eigenvalue weighted by Gasteiger charge is -2.16. The standard InChI is InChI=1S/C14H18N2O3.C12H12N2O2.C2H6/c1-3-19-14(17)13-9-10-8-11(18-2)4-5-12(10)16(13)7-6-15;1-16-9-2-3-10-8(6-9)7-11-12(15)13-4-5-14(10)11;1-2/h4-5,8-9H,3,6-7,15H2,1-2H3;2-3,6-7H,4-5H2,1H3,(H,13,15);1-2H3. The number of amides is 1. The molecule has 0 unspecified atom stereocenters. The Morgan fingerprint density at radius 3 is 2.19 bits per heavy atom. The number of hydrogen-bond donors (Lipinski definition) is 2. The van der Waals surface area contributed by atoms with Crippen LogP contribution in [0.1, 0.15) is 41.7 Å². The molecule has 0 saturated carbocycles. The lowest BCUT2D eigenvalue weighted by molar-refractivity contribution is 0.0514. The SMILES string of the molecule is CC.CCOC(=O)c1cc2cc(OC)ccc2n1CCN.COc1ccc2c(c1)cc1n2CCNC1=O. The van der Waals surface area contributed by atoms with Crippen molar-refractivity contribution >= 4 is 33.7 Å². The molecule has 198 valence electrons. The number of nitrogens with two attached hydrogens (primary N) is 1. The second kappa shape index (κ2) is 12.8. The van der Waals surface area contributed by atoms with Gasteiger partial charge in [-0.3, -0.25) is 4.79 Å². The first-order valence-corrected chi connectivity index (χ1v) is 12.5. The predicted molar refractivity (Wildman–Crippen MR) is 146 cm³/mol. The Morgan fingerprint density at radius 2 is 1.59 bits per heavy atom. The van der Waals surface area contributed by atoms with E-state index >= 15 is 0 Å². The summed E-state index contributed by atoms with van der Waals surface area (Å²) < 4.78 is 19.4. The van der Waals surface area contributed by atoms with Crippen LogP contribution >= 0.6 is 0 Å². The van der Waals surface area contributed by atoms with E-state index in [4.69, 9.17) is 19.9 Å². The lowest BCUT2D eigenvalue weighted by Crippen LogP contribution is -2.34. The Morgan fingerprint density at radius 1 is 0.973 bits per heavy atom. The molecule has 37 heavy (non-hydrogen) atoms. The van der Waals surface area contributed by atoms with E-state index in [1.165, 1.54) is 0 Å². The summed E-state index contributed by atoms with van der Waals surface area (Å²) in [5.41, 5.74) is 8.91. The summed E-state index contributed by atoms with van der Waals surface area (Å²) in [7, 11) is 3.26. The van der Waals surface area contributed by atoms with Crippen LogP contribution in [0.3, 0.4) is 0 Å². The van der Waals surface area contributed by atoms with Gasteiger partial charge in [-0.05, 0) is 55.5 Å². The first kappa shape index (κ1) is 27.6. The fourth-order valence-electron chi connectivity index (χ4n) is 4.30. The van der Waals surface area contributed by atoms with Crippen LogP contribution in [0, 0.1) is 0 Å². The van der Waals surface area contributed by atoms with E-state index in [2.05, 4.69) is 5.32 Å². The molecule has 3 N–H and O–H groups in total. The fourth-order valence-corrected chi connectivity index (χ4v) is 4.30. The molecule has 0 radical (unpaired) electrons. The van der Waals surface area contributed by atoms with Crippen molar-refractivity contribution < 1.29 is 23.8 Å². The van der Waals surface area contributed by atoms with Gasteiger partial charge in [0.15, 0.2) is 0 Å². The summed E-state index contributed by atoms with van der Waals surface area (Å²) >= 11 is 0. The largest absolute Gasteiger partial charge is 0.497 e. The van der Waals surface area contributed by atoms with Crippen LogP contribution in [0.4, 0.5) is 0 Å². The number of hydrogen-bond acceptors (Lipinski definition) is 6. The van der Waals surface area contributed by atoms with Gasteiger partial charge in [-0.15, -0.1) is 0 Å². The molecule has 4 aromatic rings. The van der Waals surface area contributed by atoms with Crippen LogP contribution in [0.5, 0.6) is 11.5 Å². The first-order chi connectivity index (χ1) is 18.0. The zero-order valence-corrected chi connectivity index (χ0v) is 22.2. The number of aromatic nitrogens is 2. The number of methoxy groups -OCH3 is 2. The number of carbonyl (C=O) groups is 2. The predicted octanol–water partition coefficient (Wildman–Crippen LogP) is 4.20. The average molecular weight is 509 g/mol. The summed E-state index contributed by atoms with van der Waals surface area (Å²) in [6.45, 7) is 8.70. The Kier molecular flexibility index (Phi) is 9.57. The Balaban J connectivity index is 0.000000195. The molecular weight excluding hydrogens is 472 g/mol. The van der Waals surface area contributed by atoms with Crippen molar-refractivity contribution in [1.82, 2.24) is 14.5 Å². The number of nitrogens with zero attached hydrogens (tertiary/aromatic N) is 2. The van der Waals surface area contributed by atoms with Gasteiger partial charge in [0.25, 0.3) is 5.91 Å². The summed E-state index contributed by atoms with van der Waals surface area (Å²) in [5.74, 6) is 1.25. The second-order valence-corrected chi connectivity index (χ2v) is 7.98. The summed E-state index contributed by atoms with van der Waals surface area (Å²) in [6.07, 6.45) is 0. The number of esters is 1. The van der Waals surface area contributed by atoms with Crippen molar-refractivity contribution in [2.45, 2.75) is 33.9 Å². The van der Waals surface area contributed by atoms with Crippen LogP contribution in [0.25, 0.3) is 21.8 Å². The first-order valence-electron chi connectivity index (χ1n) is 12.5. The maximum absolute atomic E-state index is 11.9. The van der Waals surface area contributed by atoms with Crippen molar-refractivity contribution in [3.8, 4) is 11.5 Å². The van der Waals surface area contributed by atoms with Gasteiger partial charge in [0.1, 0.15) is 22.9 Å². The van der Waals surface area contributed by atoms with E-state index in [-0.39, 0.29) is 11.9 Å². The second-order valence-electron chi connectivity index (χ2n) is 7.98. The number of carbonyl (C=O) groups excluding carboxylic acids is 2. The zero-order valence-electron chi connectivity index (χ0n) is 22.2. The van der Waals surface area contributed by atoms with Crippen LogP contribution in [-0.4, -0.2) is 54.9 Å². The molecule has 0 saturated heterocycles. The van der Waals surface area contributed by atoms with Crippen LogP contribution in [0.15, 0.2) is 48.5 Å². The third-order valence-corrected chi connectivity index (χ3v) is 5.91. The third kappa shape index (κ3) is 5.89. The maximum atomic E-state index is 11.9. The molecule has 1 aliphatic rings. The van der Waals surface area contributed by atoms with Crippen molar-refractivity contribution in [3.63, 3.8) is 0 Å². The van der Waals surface area contributed by atoms with Gasteiger partial charge in [-0.25, -0.2) is 4.79 Å². The molecule has 0 atom stereocenters. The fraction of sp³-hybridized carbons (Fsp3) is 0.357. The van der Waals surface area contributed by atoms with Gasteiger partial charge < -0.3 is 34.4 Å². The number of rotatable bonds is 6. The normalized spacial score (nSPS) is 12.0. The molecule has 2 aromatic carbocycles. The van der Waals surface area contributed by atoms with Crippen LogP contribution < -0.4 is 20.5 Å². The molecule has 1 aliphatic heterocycles. The van der Waals surface area contributed by atoms with Crippen molar-refractivity contribution in [2.24, 2.45) is 5.73 Å². The smallest absolute Gasteiger partial charge is 0.354 e. The van der Waals surface area contributed by atoms with Gasteiger partial charge >= 0.3 is 5.97 Å². The monoisotopic (exact) mass is 508 g/mol. The van der Waals surface area contributed by atoms with Crippen LogP contribution in [-0.2, 0) is 17.8 Å². The molecule has 9 heteroatoms. The number of fused-ring (bicyclic) bond motifs is 4. The van der Waals surface area contributed by atoms with Crippen molar-refractivity contribution in [2.75, 3.05) is 33.9 Å². The summed E-state index contributed by atoms with van der Waals surface area (Å²) in [5, 5.41) is 4.82. The van der Waals surface area contributed by atoms with Gasteiger partial charge in [0.05, 0.1) is 20.8 Å². The minimum absolute atomic E-state index is 0.00131. The highest BCUT2D eigenvalue weighted by atomic mass is 16.5. The highest BCUT2D eigenvalue weighted by Crippen LogP contribution is 2.26. The molecule has 0 spiro atoms. The summed E-state index contributed by atoms with van der Waals surface area (Å²) in [6, 6.07) is 15.3. The molecule has 0 aliphatic carbocycles. The molecule has 1 amide bonds. The lowest BCUT2D eigenvalue weighted by atomic mass is 10.2. The van der Waals surface area contributed by atoms with E-state index < -0.39 is 0 Å². The topological polar surface area (TPSA) is 110 Å². The van der Waals surface area contributed by atoms with Crippen molar-refractivity contribution in [1.29, 1.82) is 0 Å². The van der Waals surface area contributed by atoms with E-state index in [0.717, 1.165) is 45.5 Å². The van der Waals surface area contributed by atoms with Gasteiger partial charge in [0, 0.05) is 48.0 Å². The maximum Gasteiger partial charge on any atom is 0.354 e. The summed E-state index contributed by atoms with van der Waals surface area (Å²) in [4.78, 5) is 23.6. The molecule has 5 rings (SSSR count).